The zero-order valence-electron chi connectivity index (χ0n) is 29.8. The molecule has 0 amide bonds. The summed E-state index contributed by atoms with van der Waals surface area (Å²) >= 11 is 0. The summed E-state index contributed by atoms with van der Waals surface area (Å²) in [6, 6.07) is 71.1. The summed E-state index contributed by atoms with van der Waals surface area (Å²) in [4.78, 5) is 2.38. The van der Waals surface area contributed by atoms with E-state index in [0.29, 0.717) is 0 Å². The maximum atomic E-state index is 6.42. The molecule has 0 unspecified atom stereocenters. The van der Waals surface area contributed by atoms with Gasteiger partial charge in [-0.1, -0.05) is 146 Å². The molecule has 0 aliphatic carbocycles. The largest absolute Gasteiger partial charge is 0.456 e. The summed E-state index contributed by atoms with van der Waals surface area (Å²) in [7, 11) is 0. The van der Waals surface area contributed by atoms with E-state index < -0.39 is 0 Å². The molecule has 2 aromatic heterocycles. The molecule has 0 aliphatic rings. The zero-order chi connectivity index (χ0) is 36.3. The van der Waals surface area contributed by atoms with Crippen LogP contribution in [0.3, 0.4) is 0 Å². The highest BCUT2D eigenvalue weighted by atomic mass is 16.3. The maximum absolute atomic E-state index is 6.42. The van der Waals surface area contributed by atoms with Crippen molar-refractivity contribution in [2.24, 2.45) is 0 Å². The van der Waals surface area contributed by atoms with Crippen LogP contribution in [0.4, 0.5) is 17.1 Å². The molecular formula is C52H33NO2. The highest BCUT2D eigenvalue weighted by Gasteiger charge is 2.22. The Morgan fingerprint density at radius 2 is 0.836 bits per heavy atom. The number of hydrogen-bond donors (Lipinski definition) is 0. The van der Waals surface area contributed by atoms with Gasteiger partial charge >= 0.3 is 0 Å². The quantitative estimate of drug-likeness (QED) is 0.173. The van der Waals surface area contributed by atoms with Crippen molar-refractivity contribution in [3.8, 4) is 33.4 Å². The molecule has 3 nitrogen and oxygen atoms in total. The number of nitrogens with zero attached hydrogens (tertiary/aromatic N) is 1. The average Bonchev–Trinajstić information content (AvgIpc) is 3.83. The van der Waals surface area contributed by atoms with Gasteiger partial charge in [0.25, 0.3) is 0 Å². The maximum Gasteiger partial charge on any atom is 0.137 e. The fourth-order valence-corrected chi connectivity index (χ4v) is 8.28. The zero-order valence-corrected chi connectivity index (χ0v) is 29.8. The van der Waals surface area contributed by atoms with E-state index in [1.54, 1.807) is 0 Å². The molecule has 0 bridgehead atoms. The minimum absolute atomic E-state index is 0.857. The molecule has 0 saturated carbocycles. The van der Waals surface area contributed by atoms with Crippen LogP contribution in [-0.4, -0.2) is 0 Å². The van der Waals surface area contributed by atoms with Gasteiger partial charge in [0.05, 0.1) is 16.8 Å². The Bertz CT molecular complexity index is 3200. The van der Waals surface area contributed by atoms with Crippen molar-refractivity contribution in [3.63, 3.8) is 0 Å². The van der Waals surface area contributed by atoms with Crippen molar-refractivity contribution in [3.05, 3.63) is 200 Å². The first-order chi connectivity index (χ1) is 27.3. The molecule has 2 heterocycles. The molecule has 0 radical (unpaired) electrons. The van der Waals surface area contributed by atoms with Crippen molar-refractivity contribution < 1.29 is 8.83 Å². The lowest BCUT2D eigenvalue weighted by Gasteiger charge is -2.28. The lowest BCUT2D eigenvalue weighted by Crippen LogP contribution is -2.11. The van der Waals surface area contributed by atoms with Gasteiger partial charge in [-0.2, -0.15) is 0 Å². The fraction of sp³-hybridized carbons (Fsp3) is 0. The summed E-state index contributed by atoms with van der Waals surface area (Å²) < 4.78 is 12.6. The summed E-state index contributed by atoms with van der Waals surface area (Å²) in [5.41, 5.74) is 13.7. The number of fused-ring (bicyclic) bond motifs is 7. The van der Waals surface area contributed by atoms with Gasteiger partial charge in [0, 0.05) is 27.4 Å². The van der Waals surface area contributed by atoms with Crippen LogP contribution in [0.15, 0.2) is 209 Å². The van der Waals surface area contributed by atoms with Crippen molar-refractivity contribution in [2.45, 2.75) is 0 Å². The van der Waals surface area contributed by atoms with Crippen molar-refractivity contribution in [2.75, 3.05) is 4.90 Å². The van der Waals surface area contributed by atoms with Gasteiger partial charge in [-0.05, 0) is 93.2 Å². The van der Waals surface area contributed by atoms with Crippen LogP contribution in [0.1, 0.15) is 0 Å². The summed E-state index contributed by atoms with van der Waals surface area (Å²) in [5.74, 6) is 0. The Morgan fingerprint density at radius 1 is 0.309 bits per heavy atom. The molecule has 3 heteroatoms. The molecular weight excluding hydrogens is 671 g/mol. The normalized spacial score (nSPS) is 11.6. The van der Waals surface area contributed by atoms with E-state index in [2.05, 4.69) is 181 Å². The van der Waals surface area contributed by atoms with E-state index in [9.17, 15) is 0 Å². The highest BCUT2D eigenvalue weighted by molar-refractivity contribution is 6.14. The Hall–Kier alpha value is -7.36. The number of para-hydroxylation sites is 3. The summed E-state index contributed by atoms with van der Waals surface area (Å²) in [6.45, 7) is 0. The van der Waals surface area contributed by atoms with E-state index >= 15 is 0 Å². The molecule has 0 aliphatic heterocycles. The first kappa shape index (κ1) is 31.2. The molecule has 11 rings (SSSR count). The van der Waals surface area contributed by atoms with E-state index in [0.717, 1.165) is 77.6 Å². The van der Waals surface area contributed by atoms with Gasteiger partial charge < -0.3 is 13.7 Å². The van der Waals surface area contributed by atoms with Crippen LogP contribution in [0, 0.1) is 0 Å². The van der Waals surface area contributed by atoms with Crippen LogP contribution >= 0.6 is 0 Å². The number of benzene rings is 9. The average molecular weight is 704 g/mol. The van der Waals surface area contributed by atoms with Gasteiger partial charge in [0.1, 0.15) is 22.3 Å². The molecule has 9 aromatic carbocycles. The highest BCUT2D eigenvalue weighted by Crippen LogP contribution is 2.46. The minimum Gasteiger partial charge on any atom is -0.456 e. The lowest BCUT2D eigenvalue weighted by atomic mass is 9.96. The molecule has 0 fully saturated rings. The smallest absolute Gasteiger partial charge is 0.137 e. The topological polar surface area (TPSA) is 29.5 Å². The van der Waals surface area contributed by atoms with Gasteiger partial charge in [0.15, 0.2) is 0 Å². The molecule has 0 saturated heterocycles. The lowest BCUT2D eigenvalue weighted by molar-refractivity contribution is 0.668. The second-order valence-corrected chi connectivity index (χ2v) is 14.1. The second-order valence-electron chi connectivity index (χ2n) is 14.1. The van der Waals surface area contributed by atoms with E-state index in [1.165, 1.54) is 27.5 Å². The van der Waals surface area contributed by atoms with Gasteiger partial charge in [-0.3, -0.25) is 0 Å². The van der Waals surface area contributed by atoms with E-state index in [4.69, 9.17) is 8.83 Å². The molecule has 0 spiro atoms. The summed E-state index contributed by atoms with van der Waals surface area (Å²) in [5, 5.41) is 6.90. The molecule has 0 atom stereocenters. The third-order valence-electron chi connectivity index (χ3n) is 10.9. The third kappa shape index (κ3) is 5.20. The number of anilines is 3. The van der Waals surface area contributed by atoms with Crippen LogP contribution in [0.5, 0.6) is 0 Å². The Morgan fingerprint density at radius 3 is 1.67 bits per heavy atom. The van der Waals surface area contributed by atoms with Gasteiger partial charge in [-0.25, -0.2) is 0 Å². The number of hydrogen-bond acceptors (Lipinski definition) is 3. The molecule has 11 aromatic rings. The first-order valence-corrected chi connectivity index (χ1v) is 18.7. The Labute approximate surface area is 317 Å². The van der Waals surface area contributed by atoms with Crippen molar-refractivity contribution in [1.82, 2.24) is 0 Å². The van der Waals surface area contributed by atoms with Crippen molar-refractivity contribution in [1.29, 1.82) is 0 Å². The van der Waals surface area contributed by atoms with Crippen LogP contribution in [0.2, 0.25) is 0 Å². The summed E-state index contributed by atoms with van der Waals surface area (Å²) in [6.07, 6.45) is 0. The van der Waals surface area contributed by atoms with Crippen molar-refractivity contribution >= 4 is 71.7 Å². The third-order valence-corrected chi connectivity index (χ3v) is 10.9. The number of furan rings is 2. The number of rotatable bonds is 6. The Kier molecular flexibility index (Phi) is 7.17. The van der Waals surface area contributed by atoms with Gasteiger partial charge in [0.2, 0.25) is 0 Å². The Balaban J connectivity index is 1.05. The predicted octanol–water partition coefficient (Wildman–Crippen LogP) is 15.1. The first-order valence-electron chi connectivity index (χ1n) is 18.7. The van der Waals surface area contributed by atoms with Gasteiger partial charge in [-0.15, -0.1) is 0 Å². The standard InChI is InChI=1S/C52H33NO2/c1-2-13-40-36(11-1)12-9-17-41(40)37-25-23-34(24-26-37)35-27-30-39(31-28-35)53(47-19-10-22-51-52(47)44-16-5-8-21-49(44)55-51)46-18-6-3-14-42(46)38-29-32-50-45(33-38)43-15-4-7-20-48(43)54-50/h1-33H. The molecule has 0 N–H and O–H groups in total. The van der Waals surface area contributed by atoms with Crippen LogP contribution in [0.25, 0.3) is 88.0 Å². The van der Waals surface area contributed by atoms with Crippen LogP contribution < -0.4 is 4.90 Å². The fourth-order valence-electron chi connectivity index (χ4n) is 8.28. The van der Waals surface area contributed by atoms with Crippen LogP contribution in [-0.2, 0) is 0 Å². The monoisotopic (exact) mass is 703 g/mol. The SMILES string of the molecule is c1ccc(N(c2ccc(-c3ccc(-c4cccc5ccccc45)cc3)cc2)c2cccc3oc4ccccc4c23)c(-c2ccc3oc4ccccc4c3c2)c1. The molecule has 55 heavy (non-hydrogen) atoms. The second kappa shape index (κ2) is 12.6. The predicted molar refractivity (Wildman–Crippen MR) is 229 cm³/mol. The minimum atomic E-state index is 0.857. The van der Waals surface area contributed by atoms with E-state index in [1.807, 2.05) is 24.3 Å². The molecule has 258 valence electrons. The van der Waals surface area contributed by atoms with E-state index in [-0.39, 0.29) is 0 Å².